The van der Waals surface area contributed by atoms with E-state index in [-0.39, 0.29) is 0 Å². The van der Waals surface area contributed by atoms with Crippen LogP contribution in [0.4, 0.5) is 0 Å². The third-order valence-electron chi connectivity index (χ3n) is 3.61. The highest BCUT2D eigenvalue weighted by Gasteiger charge is 2.19. The number of unbranched alkanes of at least 4 members (excludes halogenated alkanes) is 2. The molecular weight excluding hydrogens is 224 g/mol. The van der Waals surface area contributed by atoms with Gasteiger partial charge in [-0.05, 0) is 6.04 Å². The zero-order valence-corrected chi connectivity index (χ0v) is 14.4. The van der Waals surface area contributed by atoms with E-state index in [1.807, 2.05) is 0 Å². The zero-order valence-electron chi connectivity index (χ0n) is 12.4. The molecule has 0 aromatic carbocycles. The Bertz CT molecular complexity index is 205. The third-order valence-corrected chi connectivity index (χ3v) is 9.62. The Morgan fingerprint density at radius 1 is 0.938 bits per heavy atom. The average molecular weight is 257 g/mol. The Morgan fingerprint density at radius 3 is 2.06 bits per heavy atom. The van der Waals surface area contributed by atoms with Crippen molar-refractivity contribution >= 4 is 16.1 Å². The molecule has 0 heterocycles. The Hall–Kier alpha value is 0.174. The van der Waals surface area contributed by atoms with Gasteiger partial charge in [-0.15, -0.1) is 0 Å². The molecule has 0 saturated heterocycles. The molecule has 0 spiro atoms. The summed E-state index contributed by atoms with van der Waals surface area (Å²) >= 11 is 0. The van der Waals surface area contributed by atoms with Crippen LogP contribution in [0.3, 0.4) is 0 Å². The fourth-order valence-electron chi connectivity index (χ4n) is 1.77. The van der Waals surface area contributed by atoms with Crippen molar-refractivity contribution < 1.29 is 0 Å². The van der Waals surface area contributed by atoms with Crippen molar-refractivity contribution in [2.24, 2.45) is 0 Å². The summed E-state index contributed by atoms with van der Waals surface area (Å²) in [6, 6.07) is 4.29. The van der Waals surface area contributed by atoms with Crippen molar-refractivity contribution in [3.05, 3.63) is 11.8 Å². The first-order chi connectivity index (χ1) is 7.33. The van der Waals surface area contributed by atoms with Crippen LogP contribution in [0.2, 0.25) is 44.3 Å². The average Bonchev–Trinajstić information content (AvgIpc) is 2.17. The van der Waals surface area contributed by atoms with E-state index in [0.717, 1.165) is 0 Å². The first-order valence-electron chi connectivity index (χ1n) is 7.01. The van der Waals surface area contributed by atoms with Crippen LogP contribution in [0.15, 0.2) is 11.8 Å². The molecule has 2 heteroatoms. The Morgan fingerprint density at radius 2 is 1.56 bits per heavy atom. The van der Waals surface area contributed by atoms with Crippen molar-refractivity contribution in [2.45, 2.75) is 77.4 Å². The van der Waals surface area contributed by atoms with Crippen molar-refractivity contribution in [3.8, 4) is 0 Å². The van der Waals surface area contributed by atoms with E-state index in [0.29, 0.717) is 0 Å². The van der Waals surface area contributed by atoms with Crippen LogP contribution < -0.4 is 0 Å². The summed E-state index contributed by atoms with van der Waals surface area (Å²) in [5, 5.41) is 0. The second-order valence-electron chi connectivity index (χ2n) is 6.57. The minimum absolute atomic E-state index is 0.918. The lowest BCUT2D eigenvalue weighted by Gasteiger charge is -2.21. The molecule has 0 atom stereocenters. The Labute approximate surface area is 106 Å². The molecule has 0 aromatic rings. The molecule has 0 fully saturated rings. The van der Waals surface area contributed by atoms with E-state index in [2.05, 4.69) is 51.8 Å². The molecule has 0 aliphatic rings. The minimum Gasteiger partial charge on any atom is -0.0989 e. The molecular formula is C14H32Si2. The van der Waals surface area contributed by atoms with Gasteiger partial charge in [0.2, 0.25) is 0 Å². The van der Waals surface area contributed by atoms with E-state index in [4.69, 9.17) is 0 Å². The number of rotatable bonds is 8. The molecule has 16 heavy (non-hydrogen) atoms. The molecule has 96 valence electrons. The maximum Gasteiger partial charge on any atom is 0.0710 e. The third kappa shape index (κ3) is 8.34. The van der Waals surface area contributed by atoms with Crippen molar-refractivity contribution in [3.63, 3.8) is 0 Å². The molecule has 0 radical (unpaired) electrons. The summed E-state index contributed by atoms with van der Waals surface area (Å²) in [5.41, 5.74) is 2.57. The smallest absolute Gasteiger partial charge is 0.0710 e. The van der Waals surface area contributed by atoms with Crippen LogP contribution in [0.1, 0.15) is 33.1 Å². The summed E-state index contributed by atoms with van der Waals surface area (Å²) in [6.45, 7) is 14.7. The lowest BCUT2D eigenvalue weighted by atomic mass is 10.3. The maximum atomic E-state index is 2.57. The Kier molecular flexibility index (Phi) is 7.57. The van der Waals surface area contributed by atoms with Crippen LogP contribution in [0, 0.1) is 0 Å². The van der Waals surface area contributed by atoms with Crippen LogP contribution in [0.5, 0.6) is 0 Å². The normalized spacial score (nSPS) is 13.6. The maximum absolute atomic E-state index is 2.57. The lowest BCUT2D eigenvalue weighted by Crippen LogP contribution is -2.25. The van der Waals surface area contributed by atoms with E-state index in [9.17, 15) is 0 Å². The largest absolute Gasteiger partial charge is 0.0989 e. The van der Waals surface area contributed by atoms with Gasteiger partial charge in [-0.1, -0.05) is 83.2 Å². The number of hydrogen-bond donors (Lipinski definition) is 0. The zero-order chi connectivity index (χ0) is 12.7. The number of hydrogen-bond acceptors (Lipinski definition) is 0. The summed E-state index contributed by atoms with van der Waals surface area (Å²) in [4.78, 5) is 0. The topological polar surface area (TPSA) is 0 Å². The fourth-order valence-corrected chi connectivity index (χ4v) is 5.16. The minimum atomic E-state index is -0.974. The van der Waals surface area contributed by atoms with Crippen molar-refractivity contribution in [1.82, 2.24) is 0 Å². The van der Waals surface area contributed by atoms with Gasteiger partial charge >= 0.3 is 0 Å². The molecule has 0 saturated carbocycles. The monoisotopic (exact) mass is 256 g/mol. The van der Waals surface area contributed by atoms with Gasteiger partial charge in [0.15, 0.2) is 0 Å². The van der Waals surface area contributed by atoms with Gasteiger partial charge in [-0.2, -0.15) is 0 Å². The quantitative estimate of drug-likeness (QED) is 0.385. The fraction of sp³-hybridized carbons (Fsp3) is 0.857. The van der Waals surface area contributed by atoms with Crippen LogP contribution in [-0.2, 0) is 0 Å². The molecule has 0 N–H and O–H groups in total. The molecule has 0 rings (SSSR count). The van der Waals surface area contributed by atoms with Gasteiger partial charge in [-0.3, -0.25) is 0 Å². The highest BCUT2D eigenvalue weighted by atomic mass is 28.3. The molecule has 0 unspecified atom stereocenters. The van der Waals surface area contributed by atoms with Gasteiger partial charge < -0.3 is 0 Å². The predicted molar refractivity (Wildman–Crippen MR) is 83.7 cm³/mol. The van der Waals surface area contributed by atoms with Crippen LogP contribution >= 0.6 is 0 Å². The molecule has 0 nitrogen and oxygen atoms in total. The van der Waals surface area contributed by atoms with Gasteiger partial charge in [0.1, 0.15) is 0 Å². The SMILES string of the molecule is CCCCC[Si](C)(C)C/C=C/[Si](C)(C)CC. The summed E-state index contributed by atoms with van der Waals surface area (Å²) in [5.74, 6) is 0. The molecule has 0 aliphatic carbocycles. The Balaban J connectivity index is 3.97. The second-order valence-corrected chi connectivity index (χ2v) is 16.8. The van der Waals surface area contributed by atoms with E-state index >= 15 is 0 Å². The van der Waals surface area contributed by atoms with Gasteiger partial charge in [0.25, 0.3) is 0 Å². The van der Waals surface area contributed by atoms with Crippen LogP contribution in [0.25, 0.3) is 0 Å². The van der Waals surface area contributed by atoms with E-state index in [1.165, 1.54) is 37.4 Å². The summed E-state index contributed by atoms with van der Waals surface area (Å²) in [7, 11) is -1.89. The molecule has 0 amide bonds. The van der Waals surface area contributed by atoms with Crippen LogP contribution in [-0.4, -0.2) is 16.1 Å². The summed E-state index contributed by atoms with van der Waals surface area (Å²) in [6.07, 6.45) is 6.76. The van der Waals surface area contributed by atoms with Gasteiger partial charge in [0.05, 0.1) is 16.1 Å². The molecule has 0 bridgehead atoms. The standard InChI is InChI=1S/C14H32Si2/c1-7-9-10-12-16(5,6)14-11-13-15(3,4)8-2/h11,13H,7-10,12,14H2,1-6H3/b13-11+. The first-order valence-corrected chi connectivity index (χ1v) is 13.7. The second kappa shape index (κ2) is 7.49. The van der Waals surface area contributed by atoms with Crippen molar-refractivity contribution in [1.29, 1.82) is 0 Å². The van der Waals surface area contributed by atoms with Gasteiger partial charge in [-0.25, -0.2) is 0 Å². The van der Waals surface area contributed by atoms with E-state index < -0.39 is 16.1 Å². The number of allylic oxidation sites excluding steroid dienone is 1. The lowest BCUT2D eigenvalue weighted by molar-refractivity contribution is 0.762. The van der Waals surface area contributed by atoms with E-state index in [1.54, 1.807) is 0 Å². The molecule has 0 aromatic heterocycles. The first kappa shape index (κ1) is 16.2. The van der Waals surface area contributed by atoms with Crippen molar-refractivity contribution in [2.75, 3.05) is 0 Å². The summed E-state index contributed by atoms with van der Waals surface area (Å²) < 4.78 is 0. The highest BCUT2D eigenvalue weighted by Crippen LogP contribution is 2.21. The highest BCUT2D eigenvalue weighted by molar-refractivity contribution is 6.82. The van der Waals surface area contributed by atoms with Gasteiger partial charge in [0, 0.05) is 0 Å². The predicted octanol–water partition coefficient (Wildman–Crippen LogP) is 5.71. The molecule has 0 aliphatic heterocycles.